The summed E-state index contributed by atoms with van der Waals surface area (Å²) >= 11 is 0. The van der Waals surface area contributed by atoms with Crippen LogP contribution in [0, 0.1) is 5.82 Å². The summed E-state index contributed by atoms with van der Waals surface area (Å²) in [4.78, 5) is 13.7. The summed E-state index contributed by atoms with van der Waals surface area (Å²) in [5, 5.41) is 9.28. The number of aliphatic hydroxyl groups excluding tert-OH is 1. The normalized spacial score (nSPS) is 16.4. The minimum Gasteiger partial charge on any atom is -0.456 e. The number of hydrogen-bond acceptors (Lipinski definition) is 6. The molecule has 7 heteroatoms. The lowest BCUT2D eigenvalue weighted by Gasteiger charge is -2.31. The van der Waals surface area contributed by atoms with Gasteiger partial charge in [0, 0.05) is 24.7 Å². The third-order valence-electron chi connectivity index (χ3n) is 4.55. The number of carbonyl (C=O) groups is 1. The fourth-order valence-electron chi connectivity index (χ4n) is 3.31. The average molecular weight is 371 g/mol. The van der Waals surface area contributed by atoms with Gasteiger partial charge in [0.1, 0.15) is 12.4 Å². The van der Waals surface area contributed by atoms with Crippen LogP contribution in [-0.2, 0) is 16.0 Å². The second-order valence-corrected chi connectivity index (χ2v) is 6.18. The van der Waals surface area contributed by atoms with Crippen molar-refractivity contribution in [2.45, 2.75) is 6.42 Å². The van der Waals surface area contributed by atoms with E-state index in [0.717, 1.165) is 16.9 Å². The molecule has 0 spiro atoms. The lowest BCUT2D eigenvalue weighted by atomic mass is 9.96. The maximum absolute atomic E-state index is 11.9. The number of carbonyl (C=O) groups excluding carboxylic acids is 1. The van der Waals surface area contributed by atoms with Crippen LogP contribution in [0.2, 0.25) is 0 Å². The molecule has 1 N–H and O–H groups in total. The van der Waals surface area contributed by atoms with Gasteiger partial charge >= 0.3 is 5.97 Å². The van der Waals surface area contributed by atoms with Gasteiger partial charge < -0.3 is 24.2 Å². The average Bonchev–Trinajstić information content (AvgIpc) is 3.28. The van der Waals surface area contributed by atoms with E-state index in [0.29, 0.717) is 30.0 Å². The lowest BCUT2D eigenvalue weighted by Crippen LogP contribution is -2.31. The van der Waals surface area contributed by atoms with Gasteiger partial charge in [-0.15, -0.1) is 0 Å². The van der Waals surface area contributed by atoms with Gasteiger partial charge in [-0.25, -0.2) is 9.18 Å². The fraction of sp³-hybridized carbons (Fsp3) is 0.250. The molecule has 2 aromatic rings. The highest BCUT2D eigenvalue weighted by atomic mass is 19.1. The van der Waals surface area contributed by atoms with Crippen molar-refractivity contribution < 1.29 is 28.5 Å². The molecule has 0 amide bonds. The van der Waals surface area contributed by atoms with Crippen LogP contribution in [0.15, 0.2) is 53.7 Å². The monoisotopic (exact) mass is 371 g/mol. The van der Waals surface area contributed by atoms with Gasteiger partial charge in [0.05, 0.1) is 17.9 Å². The number of nitrogens with zero attached hydrogens (tertiary/aromatic N) is 1. The van der Waals surface area contributed by atoms with Gasteiger partial charge in [0.2, 0.25) is 6.79 Å². The molecule has 0 aromatic heterocycles. The van der Waals surface area contributed by atoms with Gasteiger partial charge in [-0.1, -0.05) is 18.2 Å². The van der Waals surface area contributed by atoms with Crippen LogP contribution in [0.1, 0.15) is 5.56 Å². The Kier molecular flexibility index (Phi) is 4.68. The van der Waals surface area contributed by atoms with Crippen molar-refractivity contribution in [3.05, 3.63) is 65.1 Å². The van der Waals surface area contributed by atoms with Crippen molar-refractivity contribution in [2.75, 3.05) is 31.5 Å². The number of esters is 1. The lowest BCUT2D eigenvalue weighted by molar-refractivity contribution is -0.136. The van der Waals surface area contributed by atoms with E-state index >= 15 is 0 Å². The molecule has 0 radical (unpaired) electrons. The number of rotatable bonds is 2. The third kappa shape index (κ3) is 3.33. The quantitative estimate of drug-likeness (QED) is 0.818. The first-order chi connectivity index (χ1) is 13.2. The zero-order valence-electron chi connectivity index (χ0n) is 14.5. The Labute approximate surface area is 155 Å². The van der Waals surface area contributed by atoms with Crippen molar-refractivity contribution >= 4 is 11.7 Å². The van der Waals surface area contributed by atoms with Crippen LogP contribution in [0.25, 0.3) is 0 Å². The Morgan fingerprint density at radius 3 is 2.48 bits per heavy atom. The maximum Gasteiger partial charge on any atom is 0.336 e. The van der Waals surface area contributed by atoms with Crippen molar-refractivity contribution in [1.82, 2.24) is 0 Å². The Morgan fingerprint density at radius 1 is 1.07 bits per heavy atom. The highest BCUT2D eigenvalue weighted by molar-refractivity contribution is 5.95. The Bertz CT molecular complexity index is 897. The predicted octanol–water partition coefficient (Wildman–Crippen LogP) is 2.41. The molecular weight excluding hydrogens is 353 g/mol. The fourth-order valence-corrected chi connectivity index (χ4v) is 3.31. The molecule has 0 fully saturated rings. The number of cyclic esters (lactones) is 1. The first kappa shape index (κ1) is 17.4. The summed E-state index contributed by atoms with van der Waals surface area (Å²) in [5.41, 5.74) is 3.45. The van der Waals surface area contributed by atoms with Gasteiger partial charge in [0.15, 0.2) is 11.5 Å². The number of aliphatic hydroxyl groups is 1. The molecule has 3 heterocycles. The number of benzene rings is 2. The Balaban J connectivity index is 0.000000218. The van der Waals surface area contributed by atoms with Crippen molar-refractivity contribution in [3.8, 4) is 11.5 Å². The number of anilines is 1. The van der Waals surface area contributed by atoms with Crippen molar-refractivity contribution in [2.24, 2.45) is 0 Å². The van der Waals surface area contributed by atoms with Crippen LogP contribution < -0.4 is 14.4 Å². The molecule has 3 aliphatic heterocycles. The van der Waals surface area contributed by atoms with E-state index in [1.807, 2.05) is 17.0 Å². The second-order valence-electron chi connectivity index (χ2n) is 6.18. The molecule has 0 bridgehead atoms. The number of β-amino-alcohol motifs (C(OH)–C–C–N with tert-alkyl or cyclic N) is 1. The highest BCUT2D eigenvalue weighted by Crippen LogP contribution is 2.44. The van der Waals surface area contributed by atoms with E-state index in [-0.39, 0.29) is 31.8 Å². The van der Waals surface area contributed by atoms with Crippen LogP contribution in [0.4, 0.5) is 10.1 Å². The maximum atomic E-state index is 11.9. The molecule has 140 valence electrons. The van der Waals surface area contributed by atoms with Gasteiger partial charge in [0.25, 0.3) is 0 Å². The second kappa shape index (κ2) is 7.28. The van der Waals surface area contributed by atoms with Crippen molar-refractivity contribution in [1.29, 1.82) is 0 Å². The minimum atomic E-state index is -0.272. The summed E-state index contributed by atoms with van der Waals surface area (Å²) in [5.74, 6) is 0.942. The molecule has 27 heavy (non-hydrogen) atoms. The van der Waals surface area contributed by atoms with E-state index in [2.05, 4.69) is 0 Å². The van der Waals surface area contributed by atoms with Crippen LogP contribution in [-0.4, -0.2) is 37.6 Å². The zero-order chi connectivity index (χ0) is 18.8. The van der Waals surface area contributed by atoms with Crippen LogP contribution in [0.5, 0.6) is 11.5 Å². The molecule has 0 atom stereocenters. The zero-order valence-corrected chi connectivity index (χ0v) is 14.5. The van der Waals surface area contributed by atoms with E-state index in [9.17, 15) is 14.3 Å². The van der Waals surface area contributed by atoms with E-state index < -0.39 is 0 Å². The highest BCUT2D eigenvalue weighted by Gasteiger charge is 2.35. The number of halogens is 1. The van der Waals surface area contributed by atoms with Gasteiger partial charge in [-0.05, 0) is 23.8 Å². The molecule has 0 unspecified atom stereocenters. The standard InChI is InChI=1S/C14H13NO5.C6H5F/c16-2-1-15-10-5-13-12(19-7-20-13)4-8(10)3-9-11(15)6-18-14(9)17;7-6-4-2-1-3-5-6/h4-5,16H,1-3,6-7H2;1-5H. The van der Waals surface area contributed by atoms with Crippen molar-refractivity contribution in [3.63, 3.8) is 0 Å². The summed E-state index contributed by atoms with van der Waals surface area (Å²) < 4.78 is 27.8. The molecule has 5 rings (SSSR count). The molecule has 0 saturated heterocycles. The third-order valence-corrected chi connectivity index (χ3v) is 4.55. The first-order valence-corrected chi connectivity index (χ1v) is 8.58. The molecular formula is C20H18FNO5. The Hall–Kier alpha value is -3.06. The van der Waals surface area contributed by atoms with Gasteiger partial charge in [-0.3, -0.25) is 0 Å². The smallest absolute Gasteiger partial charge is 0.336 e. The molecule has 0 saturated carbocycles. The summed E-state index contributed by atoms with van der Waals surface area (Å²) in [7, 11) is 0. The van der Waals surface area contributed by atoms with Crippen LogP contribution in [0.3, 0.4) is 0 Å². The molecule has 2 aromatic carbocycles. The molecule has 0 aliphatic carbocycles. The first-order valence-electron chi connectivity index (χ1n) is 8.58. The molecule has 6 nitrogen and oxygen atoms in total. The minimum absolute atomic E-state index is 0.00114. The molecule has 3 aliphatic rings. The topological polar surface area (TPSA) is 68.2 Å². The number of hydrogen-bond donors (Lipinski definition) is 1. The van der Waals surface area contributed by atoms with E-state index in [4.69, 9.17) is 14.2 Å². The summed E-state index contributed by atoms with van der Waals surface area (Å²) in [6.45, 7) is 0.899. The summed E-state index contributed by atoms with van der Waals surface area (Å²) in [6, 6.07) is 11.7. The number of fused-ring (bicyclic) bond motifs is 2. The van der Waals surface area contributed by atoms with Crippen LogP contribution >= 0.6 is 0 Å². The van der Waals surface area contributed by atoms with Gasteiger partial charge in [-0.2, -0.15) is 0 Å². The SMILES string of the molecule is Fc1ccccc1.O=C1OCC2=C1Cc1cc3c(cc1N2CCO)OCO3. The largest absolute Gasteiger partial charge is 0.456 e. The predicted molar refractivity (Wildman–Crippen MR) is 95.1 cm³/mol. The van der Waals surface area contributed by atoms with E-state index in [1.54, 1.807) is 18.2 Å². The number of ether oxygens (including phenoxy) is 3. The van der Waals surface area contributed by atoms with E-state index in [1.165, 1.54) is 12.1 Å². The Morgan fingerprint density at radius 2 is 1.81 bits per heavy atom. The summed E-state index contributed by atoms with van der Waals surface area (Å²) in [6.07, 6.45) is 0.530.